The highest BCUT2D eigenvalue weighted by molar-refractivity contribution is 4.91. The van der Waals surface area contributed by atoms with Gasteiger partial charge in [-0.1, -0.05) is 6.42 Å². The molecule has 0 fully saturated rings. The molecule has 0 aliphatic carbocycles. The molecule has 0 amide bonds. The van der Waals surface area contributed by atoms with Gasteiger partial charge in [0.25, 0.3) is 0 Å². The van der Waals surface area contributed by atoms with Crippen LogP contribution in [-0.4, -0.2) is 20.0 Å². The number of nitriles is 1. The van der Waals surface area contributed by atoms with Gasteiger partial charge in [-0.15, -0.1) is 0 Å². The van der Waals surface area contributed by atoms with E-state index < -0.39 is 5.79 Å². The lowest BCUT2D eigenvalue weighted by Crippen LogP contribution is -2.29. The van der Waals surface area contributed by atoms with E-state index in [2.05, 4.69) is 6.07 Å². The van der Waals surface area contributed by atoms with Crippen molar-refractivity contribution in [3.63, 3.8) is 0 Å². The summed E-state index contributed by atoms with van der Waals surface area (Å²) in [5.41, 5.74) is -0.212. The smallest absolute Gasteiger partial charge is 0.164 e. The van der Waals surface area contributed by atoms with Crippen LogP contribution in [0, 0.1) is 16.7 Å². The summed E-state index contributed by atoms with van der Waals surface area (Å²) in [5.74, 6) is -0.475. The first kappa shape index (κ1) is 14.4. The molecule has 0 atom stereocenters. The third kappa shape index (κ3) is 5.76. The highest BCUT2D eigenvalue weighted by Gasteiger charge is 2.22. The molecule has 0 aliphatic heterocycles. The van der Waals surface area contributed by atoms with E-state index in [1.807, 2.05) is 20.8 Å². The second-order valence-electron chi connectivity index (χ2n) is 4.74. The minimum Gasteiger partial charge on any atom is -0.353 e. The largest absolute Gasteiger partial charge is 0.353 e. The van der Waals surface area contributed by atoms with Crippen LogP contribution in [-0.2, 0) is 9.47 Å². The SMILES string of the molecule is COC(C)(CCCCC(C)(C)C#N)OC. The van der Waals surface area contributed by atoms with Gasteiger partial charge in [-0.3, -0.25) is 0 Å². The standard InChI is InChI=1S/C12H23NO2/c1-11(2,10-13)8-6-7-9-12(3,14-4)15-5/h6-9H2,1-5H3. The lowest BCUT2D eigenvalue weighted by molar-refractivity contribution is -0.197. The summed E-state index contributed by atoms with van der Waals surface area (Å²) in [5, 5.41) is 8.85. The Morgan fingerprint density at radius 2 is 1.47 bits per heavy atom. The van der Waals surface area contributed by atoms with E-state index in [1.54, 1.807) is 14.2 Å². The Kier molecular flexibility index (Phi) is 5.85. The summed E-state index contributed by atoms with van der Waals surface area (Å²) in [6.07, 6.45) is 3.83. The van der Waals surface area contributed by atoms with Crippen LogP contribution in [0.5, 0.6) is 0 Å². The molecule has 3 heteroatoms. The van der Waals surface area contributed by atoms with Crippen molar-refractivity contribution in [3.8, 4) is 6.07 Å². The zero-order valence-corrected chi connectivity index (χ0v) is 10.6. The molecule has 0 saturated carbocycles. The molecule has 0 aliphatic rings. The molecule has 0 aromatic carbocycles. The highest BCUT2D eigenvalue weighted by Crippen LogP contribution is 2.25. The first-order valence-electron chi connectivity index (χ1n) is 5.41. The number of rotatable bonds is 7. The predicted molar refractivity (Wildman–Crippen MR) is 60.3 cm³/mol. The number of unbranched alkanes of at least 4 members (excludes halogenated alkanes) is 1. The van der Waals surface area contributed by atoms with E-state index in [-0.39, 0.29) is 5.41 Å². The first-order valence-corrected chi connectivity index (χ1v) is 5.41. The normalized spacial score (nSPS) is 12.5. The van der Waals surface area contributed by atoms with Crippen LogP contribution in [0.4, 0.5) is 0 Å². The van der Waals surface area contributed by atoms with Crippen LogP contribution in [0.1, 0.15) is 46.5 Å². The minimum atomic E-state index is -0.475. The van der Waals surface area contributed by atoms with Crippen molar-refractivity contribution in [2.24, 2.45) is 5.41 Å². The Bertz CT molecular complexity index is 214. The molecule has 0 saturated heterocycles. The number of hydrogen-bond acceptors (Lipinski definition) is 3. The van der Waals surface area contributed by atoms with Crippen LogP contribution in [0.3, 0.4) is 0 Å². The predicted octanol–water partition coefficient (Wildman–Crippen LogP) is 3.11. The Hall–Kier alpha value is -0.590. The lowest BCUT2D eigenvalue weighted by Gasteiger charge is -2.26. The Morgan fingerprint density at radius 3 is 1.87 bits per heavy atom. The summed E-state index contributed by atoms with van der Waals surface area (Å²) in [4.78, 5) is 0. The summed E-state index contributed by atoms with van der Waals surface area (Å²) >= 11 is 0. The van der Waals surface area contributed by atoms with E-state index >= 15 is 0 Å². The molecule has 0 rings (SSSR count). The second kappa shape index (κ2) is 6.09. The van der Waals surface area contributed by atoms with Crippen molar-refractivity contribution in [2.75, 3.05) is 14.2 Å². The maximum Gasteiger partial charge on any atom is 0.164 e. The average molecular weight is 213 g/mol. The van der Waals surface area contributed by atoms with Gasteiger partial charge in [0, 0.05) is 20.6 Å². The van der Waals surface area contributed by atoms with Gasteiger partial charge in [-0.2, -0.15) is 5.26 Å². The molecule has 0 unspecified atom stereocenters. The quantitative estimate of drug-likeness (QED) is 0.482. The maximum absolute atomic E-state index is 8.85. The van der Waals surface area contributed by atoms with Crippen LogP contribution in [0.15, 0.2) is 0 Å². The van der Waals surface area contributed by atoms with Gasteiger partial charge in [-0.05, 0) is 33.6 Å². The van der Waals surface area contributed by atoms with Crippen molar-refractivity contribution < 1.29 is 9.47 Å². The number of methoxy groups -OCH3 is 2. The van der Waals surface area contributed by atoms with Crippen molar-refractivity contribution >= 4 is 0 Å². The van der Waals surface area contributed by atoms with E-state index in [9.17, 15) is 0 Å². The highest BCUT2D eigenvalue weighted by atomic mass is 16.7. The topological polar surface area (TPSA) is 42.2 Å². The minimum absolute atomic E-state index is 0.212. The average Bonchev–Trinajstić information content (AvgIpc) is 2.24. The monoisotopic (exact) mass is 213 g/mol. The van der Waals surface area contributed by atoms with E-state index in [1.165, 1.54) is 0 Å². The molecule has 0 aromatic rings. The number of ether oxygens (including phenoxy) is 2. The third-order valence-corrected chi connectivity index (χ3v) is 2.85. The van der Waals surface area contributed by atoms with E-state index in [0.717, 1.165) is 25.7 Å². The Morgan fingerprint density at radius 1 is 1.00 bits per heavy atom. The van der Waals surface area contributed by atoms with E-state index in [0.29, 0.717) is 0 Å². The molecule has 15 heavy (non-hydrogen) atoms. The fraction of sp³-hybridized carbons (Fsp3) is 0.917. The number of hydrogen-bond donors (Lipinski definition) is 0. The van der Waals surface area contributed by atoms with Gasteiger partial charge in [0.05, 0.1) is 11.5 Å². The fourth-order valence-electron chi connectivity index (χ4n) is 1.36. The summed E-state index contributed by atoms with van der Waals surface area (Å²) in [7, 11) is 3.31. The van der Waals surface area contributed by atoms with Gasteiger partial charge in [0.15, 0.2) is 5.79 Å². The number of nitrogens with zero attached hydrogens (tertiary/aromatic N) is 1. The third-order valence-electron chi connectivity index (χ3n) is 2.85. The molecular weight excluding hydrogens is 190 g/mol. The van der Waals surface area contributed by atoms with Crippen molar-refractivity contribution in [1.82, 2.24) is 0 Å². The molecule has 0 radical (unpaired) electrons. The van der Waals surface area contributed by atoms with Gasteiger partial charge in [0.1, 0.15) is 0 Å². The van der Waals surface area contributed by atoms with Crippen LogP contribution in [0.25, 0.3) is 0 Å². The second-order valence-corrected chi connectivity index (χ2v) is 4.74. The van der Waals surface area contributed by atoms with Gasteiger partial charge >= 0.3 is 0 Å². The molecule has 3 nitrogen and oxygen atoms in total. The van der Waals surface area contributed by atoms with Crippen molar-refractivity contribution in [3.05, 3.63) is 0 Å². The summed E-state index contributed by atoms with van der Waals surface area (Å²) in [6, 6.07) is 2.30. The van der Waals surface area contributed by atoms with Crippen LogP contribution >= 0.6 is 0 Å². The molecule has 88 valence electrons. The van der Waals surface area contributed by atoms with E-state index in [4.69, 9.17) is 14.7 Å². The molecule has 0 N–H and O–H groups in total. The van der Waals surface area contributed by atoms with Crippen molar-refractivity contribution in [1.29, 1.82) is 5.26 Å². The van der Waals surface area contributed by atoms with Gasteiger partial charge in [0.2, 0.25) is 0 Å². The first-order chi connectivity index (χ1) is 6.89. The van der Waals surface area contributed by atoms with Gasteiger partial charge in [-0.25, -0.2) is 0 Å². The molecule has 0 heterocycles. The van der Waals surface area contributed by atoms with Crippen LogP contribution in [0.2, 0.25) is 0 Å². The molecule has 0 spiro atoms. The zero-order chi connectivity index (χ0) is 11.9. The fourth-order valence-corrected chi connectivity index (χ4v) is 1.36. The molecule has 0 bridgehead atoms. The maximum atomic E-state index is 8.85. The molecular formula is C12H23NO2. The summed E-state index contributed by atoms with van der Waals surface area (Å²) < 4.78 is 10.5. The Labute approximate surface area is 93.4 Å². The lowest BCUT2D eigenvalue weighted by atomic mass is 9.88. The Balaban J connectivity index is 3.77. The van der Waals surface area contributed by atoms with Crippen LogP contribution < -0.4 is 0 Å². The van der Waals surface area contributed by atoms with Gasteiger partial charge < -0.3 is 9.47 Å². The molecule has 0 aromatic heterocycles. The zero-order valence-electron chi connectivity index (χ0n) is 10.6. The van der Waals surface area contributed by atoms with Crippen molar-refractivity contribution in [2.45, 2.75) is 52.2 Å². The summed E-state index contributed by atoms with van der Waals surface area (Å²) in [6.45, 7) is 5.88.